The van der Waals surface area contributed by atoms with E-state index in [0.29, 0.717) is 11.8 Å². The molecule has 0 saturated heterocycles. The van der Waals surface area contributed by atoms with Crippen molar-refractivity contribution in [2.24, 2.45) is 13.0 Å². The second-order valence-electron chi connectivity index (χ2n) is 4.97. The van der Waals surface area contributed by atoms with E-state index in [9.17, 15) is 0 Å². The molecule has 0 bridgehead atoms. The largest absolute Gasteiger partial charge is 0.313 e. The first-order chi connectivity index (χ1) is 8.58. The third-order valence-corrected chi connectivity index (χ3v) is 3.67. The van der Waals surface area contributed by atoms with Crippen LogP contribution in [0.5, 0.6) is 0 Å². The van der Waals surface area contributed by atoms with Crippen molar-refractivity contribution in [3.05, 3.63) is 11.5 Å². The Kier molecular flexibility index (Phi) is 3.95. The van der Waals surface area contributed by atoms with E-state index in [0.717, 1.165) is 42.1 Å². The number of hydrogen-bond donors (Lipinski definition) is 0. The molecule has 0 spiro atoms. The molecule has 0 fully saturated rings. The van der Waals surface area contributed by atoms with Gasteiger partial charge in [0.25, 0.3) is 0 Å². The number of fused-ring (bicyclic) bond motifs is 1. The Morgan fingerprint density at radius 3 is 2.72 bits per heavy atom. The fraction of sp³-hybridized carbons (Fsp3) is 0.692. The highest BCUT2D eigenvalue weighted by Gasteiger charge is 2.17. The number of nitrogens with zero attached hydrogens (tertiary/aromatic N) is 4. The van der Waals surface area contributed by atoms with Gasteiger partial charge in [0.15, 0.2) is 5.65 Å². The third-order valence-electron chi connectivity index (χ3n) is 3.48. The van der Waals surface area contributed by atoms with Gasteiger partial charge in [0.05, 0.1) is 5.69 Å². The van der Waals surface area contributed by atoms with Gasteiger partial charge in [-0.3, -0.25) is 4.68 Å². The number of aromatic nitrogens is 4. The lowest BCUT2D eigenvalue weighted by molar-refractivity contribution is 0.461. The van der Waals surface area contributed by atoms with E-state index >= 15 is 0 Å². The average Bonchev–Trinajstić information content (AvgIpc) is 2.81. The molecule has 5 heteroatoms. The highest BCUT2D eigenvalue weighted by atomic mass is 35.5. The van der Waals surface area contributed by atoms with Gasteiger partial charge in [0, 0.05) is 25.9 Å². The minimum Gasteiger partial charge on any atom is -0.313 e. The minimum atomic E-state index is 0.607. The summed E-state index contributed by atoms with van der Waals surface area (Å²) in [5, 5.41) is 4.45. The first kappa shape index (κ1) is 13.4. The van der Waals surface area contributed by atoms with Crippen molar-refractivity contribution in [2.45, 2.75) is 40.2 Å². The normalized spacial score (nSPS) is 13.4. The van der Waals surface area contributed by atoms with E-state index in [2.05, 4.69) is 23.5 Å². The van der Waals surface area contributed by atoms with Gasteiger partial charge < -0.3 is 4.57 Å². The molecular weight excluding hydrogens is 248 g/mol. The van der Waals surface area contributed by atoms with Crippen molar-refractivity contribution in [2.75, 3.05) is 5.88 Å². The Balaban J connectivity index is 2.53. The molecule has 2 aromatic rings. The van der Waals surface area contributed by atoms with E-state index in [4.69, 9.17) is 16.6 Å². The van der Waals surface area contributed by atoms with E-state index in [1.807, 2.05) is 18.7 Å². The van der Waals surface area contributed by atoms with Crippen LogP contribution in [0.15, 0.2) is 0 Å². The van der Waals surface area contributed by atoms with E-state index in [1.54, 1.807) is 0 Å². The topological polar surface area (TPSA) is 35.6 Å². The molecule has 0 radical (unpaired) electrons. The SMILES string of the molecule is CCC(C)Cn1c(CCCl)nc2c(C)nn(C)c21. The summed E-state index contributed by atoms with van der Waals surface area (Å²) in [6.45, 7) is 7.47. The minimum absolute atomic E-state index is 0.607. The smallest absolute Gasteiger partial charge is 0.158 e. The summed E-state index contributed by atoms with van der Waals surface area (Å²) in [5.74, 6) is 2.32. The highest BCUT2D eigenvalue weighted by molar-refractivity contribution is 6.17. The molecule has 0 aliphatic rings. The number of aryl methyl sites for hydroxylation is 3. The molecule has 0 amide bonds. The van der Waals surface area contributed by atoms with Gasteiger partial charge in [0.2, 0.25) is 0 Å². The quantitative estimate of drug-likeness (QED) is 0.782. The second kappa shape index (κ2) is 5.31. The highest BCUT2D eigenvalue weighted by Crippen LogP contribution is 2.21. The maximum absolute atomic E-state index is 5.88. The van der Waals surface area contributed by atoms with Crippen molar-refractivity contribution < 1.29 is 0 Å². The molecule has 18 heavy (non-hydrogen) atoms. The van der Waals surface area contributed by atoms with Gasteiger partial charge in [-0.1, -0.05) is 20.3 Å². The van der Waals surface area contributed by atoms with Crippen LogP contribution in [0, 0.1) is 12.8 Å². The van der Waals surface area contributed by atoms with Gasteiger partial charge in [-0.25, -0.2) is 4.98 Å². The first-order valence-corrected chi connectivity index (χ1v) is 7.06. The zero-order valence-electron chi connectivity index (χ0n) is 11.6. The molecule has 1 unspecified atom stereocenters. The summed E-state index contributed by atoms with van der Waals surface area (Å²) >= 11 is 5.88. The first-order valence-electron chi connectivity index (χ1n) is 6.53. The summed E-state index contributed by atoms with van der Waals surface area (Å²) in [7, 11) is 1.98. The lowest BCUT2D eigenvalue weighted by atomic mass is 10.1. The van der Waals surface area contributed by atoms with E-state index in [1.165, 1.54) is 0 Å². The fourth-order valence-corrected chi connectivity index (χ4v) is 2.46. The molecule has 2 aromatic heterocycles. The van der Waals surface area contributed by atoms with Crippen LogP contribution in [0.1, 0.15) is 31.8 Å². The fourth-order valence-electron chi connectivity index (χ4n) is 2.29. The third kappa shape index (κ3) is 2.26. The van der Waals surface area contributed by atoms with Gasteiger partial charge in [-0.05, 0) is 12.8 Å². The molecule has 1 atom stereocenters. The zero-order valence-corrected chi connectivity index (χ0v) is 12.3. The van der Waals surface area contributed by atoms with Gasteiger partial charge >= 0.3 is 0 Å². The Labute approximate surface area is 113 Å². The zero-order chi connectivity index (χ0) is 13.3. The van der Waals surface area contributed by atoms with Crippen molar-refractivity contribution in [3.63, 3.8) is 0 Å². The molecular formula is C13H21ClN4. The summed E-state index contributed by atoms with van der Waals surface area (Å²) in [6, 6.07) is 0. The number of rotatable bonds is 5. The maximum atomic E-state index is 5.88. The van der Waals surface area contributed by atoms with Gasteiger partial charge in [0.1, 0.15) is 11.3 Å². The Morgan fingerprint density at radius 2 is 2.11 bits per heavy atom. The molecule has 2 rings (SSSR count). The summed E-state index contributed by atoms with van der Waals surface area (Å²) in [5.41, 5.74) is 3.13. The lowest BCUT2D eigenvalue weighted by Crippen LogP contribution is -2.13. The lowest BCUT2D eigenvalue weighted by Gasteiger charge is -2.13. The molecule has 4 nitrogen and oxygen atoms in total. The van der Waals surface area contributed by atoms with Gasteiger partial charge in [-0.15, -0.1) is 11.6 Å². The predicted molar refractivity (Wildman–Crippen MR) is 75.1 cm³/mol. The molecule has 2 heterocycles. The second-order valence-corrected chi connectivity index (χ2v) is 5.35. The number of alkyl halides is 1. The standard InChI is InChI=1S/C13H21ClN4/c1-5-9(2)8-18-11(6-7-14)15-12-10(3)16-17(4)13(12)18/h9H,5-8H2,1-4H3. The number of hydrogen-bond acceptors (Lipinski definition) is 2. The number of imidazole rings is 1. The molecule has 0 aliphatic carbocycles. The van der Waals surface area contributed by atoms with E-state index < -0.39 is 0 Å². The maximum Gasteiger partial charge on any atom is 0.158 e. The van der Waals surface area contributed by atoms with Crippen LogP contribution < -0.4 is 0 Å². The van der Waals surface area contributed by atoms with Crippen LogP contribution in [0.3, 0.4) is 0 Å². The van der Waals surface area contributed by atoms with Crippen LogP contribution in [-0.4, -0.2) is 25.2 Å². The number of halogens is 1. The molecule has 100 valence electrons. The predicted octanol–water partition coefficient (Wildman–Crippen LogP) is 2.91. The average molecular weight is 269 g/mol. The van der Waals surface area contributed by atoms with E-state index in [-0.39, 0.29) is 0 Å². The van der Waals surface area contributed by atoms with Crippen LogP contribution in [0.4, 0.5) is 0 Å². The monoisotopic (exact) mass is 268 g/mol. The van der Waals surface area contributed by atoms with Crippen molar-refractivity contribution in [3.8, 4) is 0 Å². The summed E-state index contributed by atoms with van der Waals surface area (Å²) < 4.78 is 4.21. The van der Waals surface area contributed by atoms with Crippen LogP contribution >= 0.6 is 11.6 Å². The molecule has 0 aliphatic heterocycles. The Morgan fingerprint density at radius 1 is 1.39 bits per heavy atom. The molecule has 0 saturated carbocycles. The molecule has 0 aromatic carbocycles. The van der Waals surface area contributed by atoms with Crippen molar-refractivity contribution in [1.29, 1.82) is 0 Å². The Hall–Kier alpha value is -1.03. The van der Waals surface area contributed by atoms with Crippen LogP contribution in [0.2, 0.25) is 0 Å². The molecule has 0 N–H and O–H groups in total. The Bertz CT molecular complexity index is 541. The van der Waals surface area contributed by atoms with Gasteiger partial charge in [-0.2, -0.15) is 5.10 Å². The van der Waals surface area contributed by atoms with Crippen LogP contribution in [0.25, 0.3) is 11.2 Å². The summed E-state index contributed by atoms with van der Waals surface area (Å²) in [6.07, 6.45) is 1.98. The van der Waals surface area contributed by atoms with Crippen molar-refractivity contribution >= 4 is 22.8 Å². The van der Waals surface area contributed by atoms with Crippen molar-refractivity contribution in [1.82, 2.24) is 19.3 Å². The summed E-state index contributed by atoms with van der Waals surface area (Å²) in [4.78, 5) is 4.71. The van der Waals surface area contributed by atoms with Crippen LogP contribution in [-0.2, 0) is 20.0 Å².